The van der Waals surface area contributed by atoms with E-state index in [2.05, 4.69) is 17.1 Å². The smallest absolute Gasteiger partial charge is 0.223 e. The molecule has 1 fully saturated rings. The second kappa shape index (κ2) is 8.87. The lowest BCUT2D eigenvalue weighted by Crippen LogP contribution is -2.50. The Balaban J connectivity index is 1.47. The SMILES string of the molecule is O=C(C[C@@H]1C=CCC1)N1CCN(C(c2ccc(F)cc2)c2ccc(F)cc2)CC1. The van der Waals surface area contributed by atoms with Gasteiger partial charge in [-0.3, -0.25) is 9.69 Å². The molecule has 4 rings (SSSR count). The fourth-order valence-corrected chi connectivity index (χ4v) is 4.35. The molecular weight excluding hydrogens is 370 g/mol. The maximum Gasteiger partial charge on any atom is 0.223 e. The highest BCUT2D eigenvalue weighted by Gasteiger charge is 2.29. The summed E-state index contributed by atoms with van der Waals surface area (Å²) >= 11 is 0. The van der Waals surface area contributed by atoms with Gasteiger partial charge in [-0.2, -0.15) is 0 Å². The van der Waals surface area contributed by atoms with E-state index in [-0.39, 0.29) is 23.6 Å². The number of amides is 1. The van der Waals surface area contributed by atoms with Crippen molar-refractivity contribution in [1.82, 2.24) is 9.80 Å². The first-order chi connectivity index (χ1) is 14.1. The third-order valence-corrected chi connectivity index (χ3v) is 5.95. The molecule has 152 valence electrons. The summed E-state index contributed by atoms with van der Waals surface area (Å²) in [6.45, 7) is 2.81. The van der Waals surface area contributed by atoms with Crippen LogP contribution in [0.1, 0.15) is 36.4 Å². The lowest BCUT2D eigenvalue weighted by molar-refractivity contribution is -0.133. The van der Waals surface area contributed by atoms with Crippen LogP contribution in [-0.2, 0) is 4.79 Å². The van der Waals surface area contributed by atoms with E-state index in [1.165, 1.54) is 24.3 Å². The van der Waals surface area contributed by atoms with Crippen LogP contribution in [0.4, 0.5) is 8.78 Å². The van der Waals surface area contributed by atoms with Gasteiger partial charge in [-0.15, -0.1) is 0 Å². The van der Waals surface area contributed by atoms with E-state index in [0.717, 1.165) is 37.1 Å². The van der Waals surface area contributed by atoms with Gasteiger partial charge >= 0.3 is 0 Å². The Labute approximate surface area is 170 Å². The Hall–Kier alpha value is -2.53. The maximum absolute atomic E-state index is 13.4. The zero-order chi connectivity index (χ0) is 20.2. The van der Waals surface area contributed by atoms with Gasteiger partial charge in [0.05, 0.1) is 6.04 Å². The van der Waals surface area contributed by atoms with Crippen LogP contribution in [0.3, 0.4) is 0 Å². The van der Waals surface area contributed by atoms with Crippen molar-refractivity contribution in [3.8, 4) is 0 Å². The minimum atomic E-state index is -0.275. The number of nitrogens with zero attached hydrogens (tertiary/aromatic N) is 2. The highest BCUT2D eigenvalue weighted by molar-refractivity contribution is 5.76. The Bertz CT molecular complexity index is 810. The van der Waals surface area contributed by atoms with Gasteiger partial charge in [-0.1, -0.05) is 36.4 Å². The number of carbonyl (C=O) groups is 1. The molecular formula is C24H26F2N2O. The first-order valence-electron chi connectivity index (χ1n) is 10.3. The predicted molar refractivity (Wildman–Crippen MR) is 109 cm³/mol. The molecule has 3 nitrogen and oxygen atoms in total. The van der Waals surface area contributed by atoms with E-state index < -0.39 is 0 Å². The second-order valence-corrected chi connectivity index (χ2v) is 7.89. The average molecular weight is 396 g/mol. The molecule has 0 radical (unpaired) electrons. The van der Waals surface area contributed by atoms with E-state index in [1.54, 1.807) is 24.3 Å². The molecule has 29 heavy (non-hydrogen) atoms. The normalized spacial score (nSPS) is 19.8. The van der Waals surface area contributed by atoms with Crippen molar-refractivity contribution in [2.75, 3.05) is 26.2 Å². The van der Waals surface area contributed by atoms with Gasteiger partial charge in [0, 0.05) is 32.6 Å². The van der Waals surface area contributed by atoms with Gasteiger partial charge in [0.2, 0.25) is 5.91 Å². The van der Waals surface area contributed by atoms with Crippen molar-refractivity contribution in [1.29, 1.82) is 0 Å². The number of piperazine rings is 1. The molecule has 2 aromatic carbocycles. The van der Waals surface area contributed by atoms with Crippen LogP contribution in [0.5, 0.6) is 0 Å². The van der Waals surface area contributed by atoms with Gasteiger partial charge in [0.15, 0.2) is 0 Å². The summed E-state index contributed by atoms with van der Waals surface area (Å²) in [4.78, 5) is 16.9. The van der Waals surface area contributed by atoms with E-state index >= 15 is 0 Å². The molecule has 2 aliphatic rings. The lowest BCUT2D eigenvalue weighted by atomic mass is 9.96. The van der Waals surface area contributed by atoms with E-state index in [9.17, 15) is 13.6 Å². The standard InChI is InChI=1S/C24H26F2N2O/c25-21-9-5-19(6-10-21)24(20-7-11-22(26)12-8-20)28-15-13-27(14-16-28)23(29)17-18-3-1-2-4-18/h1,3,5-12,18,24H,2,4,13-17H2/t18-/m1/s1. The minimum Gasteiger partial charge on any atom is -0.340 e. The maximum atomic E-state index is 13.4. The zero-order valence-electron chi connectivity index (χ0n) is 16.4. The third kappa shape index (κ3) is 4.73. The summed E-state index contributed by atoms with van der Waals surface area (Å²) in [5.41, 5.74) is 1.93. The summed E-state index contributed by atoms with van der Waals surface area (Å²) in [7, 11) is 0. The van der Waals surface area contributed by atoms with Crippen LogP contribution in [-0.4, -0.2) is 41.9 Å². The topological polar surface area (TPSA) is 23.6 Å². The molecule has 1 aliphatic heterocycles. The number of hydrogen-bond acceptors (Lipinski definition) is 2. The van der Waals surface area contributed by atoms with Gasteiger partial charge in [0.25, 0.3) is 0 Å². The number of rotatable bonds is 5. The Morgan fingerprint density at radius 1 is 0.897 bits per heavy atom. The van der Waals surface area contributed by atoms with E-state index in [4.69, 9.17) is 0 Å². The summed E-state index contributed by atoms with van der Waals surface area (Å²) < 4.78 is 26.9. The van der Waals surface area contributed by atoms with Gasteiger partial charge < -0.3 is 4.90 Å². The first kappa shape index (κ1) is 19.8. The molecule has 0 bridgehead atoms. The summed E-state index contributed by atoms with van der Waals surface area (Å²) in [5.74, 6) is 0.0546. The minimum absolute atomic E-state index is 0.0915. The number of benzene rings is 2. The molecule has 0 aromatic heterocycles. The van der Waals surface area contributed by atoms with Gasteiger partial charge in [0.1, 0.15) is 11.6 Å². The number of allylic oxidation sites excluding steroid dienone is 2. The largest absolute Gasteiger partial charge is 0.340 e. The summed E-state index contributed by atoms with van der Waals surface area (Å²) in [6, 6.07) is 12.9. The van der Waals surface area contributed by atoms with Crippen molar-refractivity contribution >= 4 is 5.91 Å². The van der Waals surface area contributed by atoms with Crippen LogP contribution in [0.15, 0.2) is 60.7 Å². The van der Waals surface area contributed by atoms with Crippen LogP contribution in [0.25, 0.3) is 0 Å². The molecule has 2 aromatic rings. The molecule has 0 N–H and O–H groups in total. The van der Waals surface area contributed by atoms with Crippen molar-refractivity contribution in [2.24, 2.45) is 5.92 Å². The number of hydrogen-bond donors (Lipinski definition) is 0. The Morgan fingerprint density at radius 2 is 1.45 bits per heavy atom. The van der Waals surface area contributed by atoms with E-state index in [1.807, 2.05) is 4.90 Å². The van der Waals surface area contributed by atoms with Crippen LogP contribution in [0.2, 0.25) is 0 Å². The molecule has 1 atom stereocenters. The summed E-state index contributed by atoms with van der Waals surface area (Å²) in [6.07, 6.45) is 7.06. The fraction of sp³-hybridized carbons (Fsp3) is 0.375. The van der Waals surface area contributed by atoms with Crippen LogP contribution >= 0.6 is 0 Å². The van der Waals surface area contributed by atoms with Crippen LogP contribution in [0, 0.1) is 17.6 Å². The van der Waals surface area contributed by atoms with E-state index in [0.29, 0.717) is 25.4 Å². The van der Waals surface area contributed by atoms with Crippen molar-refractivity contribution < 1.29 is 13.6 Å². The number of carbonyl (C=O) groups excluding carboxylic acids is 1. The molecule has 1 aliphatic carbocycles. The highest BCUT2D eigenvalue weighted by atomic mass is 19.1. The third-order valence-electron chi connectivity index (χ3n) is 5.95. The molecule has 0 unspecified atom stereocenters. The second-order valence-electron chi connectivity index (χ2n) is 7.89. The fourth-order valence-electron chi connectivity index (χ4n) is 4.35. The predicted octanol–water partition coefficient (Wildman–Crippen LogP) is 4.55. The molecule has 1 amide bonds. The summed E-state index contributed by atoms with van der Waals surface area (Å²) in [5, 5.41) is 0. The van der Waals surface area contributed by atoms with Crippen molar-refractivity contribution in [2.45, 2.75) is 25.3 Å². The van der Waals surface area contributed by atoms with Crippen molar-refractivity contribution in [3.05, 3.63) is 83.4 Å². The van der Waals surface area contributed by atoms with Crippen LogP contribution < -0.4 is 0 Å². The average Bonchev–Trinajstić information content (AvgIpc) is 3.24. The Morgan fingerprint density at radius 3 is 1.93 bits per heavy atom. The first-order valence-corrected chi connectivity index (χ1v) is 10.3. The van der Waals surface area contributed by atoms with Gasteiger partial charge in [-0.25, -0.2) is 8.78 Å². The molecule has 1 heterocycles. The lowest BCUT2D eigenvalue weighted by Gasteiger charge is -2.40. The monoisotopic (exact) mass is 396 g/mol. The molecule has 5 heteroatoms. The zero-order valence-corrected chi connectivity index (χ0v) is 16.4. The molecule has 0 saturated carbocycles. The van der Waals surface area contributed by atoms with Crippen molar-refractivity contribution in [3.63, 3.8) is 0 Å². The highest BCUT2D eigenvalue weighted by Crippen LogP contribution is 2.30. The molecule has 1 saturated heterocycles. The quantitative estimate of drug-likeness (QED) is 0.692. The number of halogens is 2. The molecule has 0 spiro atoms. The Kier molecular flexibility index (Phi) is 6.05. The van der Waals surface area contributed by atoms with Gasteiger partial charge in [-0.05, 0) is 54.2 Å².